The van der Waals surface area contributed by atoms with Gasteiger partial charge in [0.25, 0.3) is 0 Å². The van der Waals surface area contributed by atoms with Crippen molar-refractivity contribution in [2.75, 3.05) is 24.4 Å². The Morgan fingerprint density at radius 1 is 1.20 bits per heavy atom. The van der Waals surface area contributed by atoms with Crippen molar-refractivity contribution in [1.29, 1.82) is 0 Å². The lowest BCUT2D eigenvalue weighted by atomic mass is 10.2. The van der Waals surface area contributed by atoms with E-state index in [4.69, 9.17) is 0 Å². The first-order chi connectivity index (χ1) is 9.58. The van der Waals surface area contributed by atoms with Crippen molar-refractivity contribution in [3.05, 3.63) is 48.6 Å². The van der Waals surface area contributed by atoms with Crippen molar-refractivity contribution in [2.45, 2.75) is 6.92 Å². The fraction of sp³-hybridized carbons (Fsp3) is 0.200. The minimum atomic E-state index is -0.448. The number of nitrogens with zero attached hydrogens (tertiary/aromatic N) is 1. The molecule has 0 saturated heterocycles. The lowest BCUT2D eigenvalue weighted by molar-refractivity contribution is -0.111. The van der Waals surface area contributed by atoms with Crippen LogP contribution in [0.25, 0.3) is 0 Å². The number of benzene rings is 1. The van der Waals surface area contributed by atoms with Crippen LogP contribution in [0, 0.1) is 0 Å². The largest absolute Gasteiger partial charge is 0.452 e. The van der Waals surface area contributed by atoms with E-state index in [2.05, 4.69) is 10.1 Å². The van der Waals surface area contributed by atoms with Crippen LogP contribution in [0.3, 0.4) is 0 Å². The first-order valence-electron chi connectivity index (χ1n) is 6.10. The van der Waals surface area contributed by atoms with E-state index < -0.39 is 6.09 Å². The number of anilines is 2. The molecule has 1 aromatic carbocycles. The summed E-state index contributed by atoms with van der Waals surface area (Å²) < 4.78 is 4.62. The van der Waals surface area contributed by atoms with Gasteiger partial charge in [0.15, 0.2) is 0 Å². The Hall–Kier alpha value is -2.56. The van der Waals surface area contributed by atoms with Crippen LogP contribution in [0.4, 0.5) is 16.2 Å². The summed E-state index contributed by atoms with van der Waals surface area (Å²) in [5.41, 5.74) is 1.33. The molecule has 0 radical (unpaired) electrons. The van der Waals surface area contributed by atoms with Crippen molar-refractivity contribution >= 4 is 23.4 Å². The third-order valence-corrected chi connectivity index (χ3v) is 2.52. The zero-order valence-corrected chi connectivity index (χ0v) is 11.8. The number of hydrogen-bond donors (Lipinski definition) is 1. The summed E-state index contributed by atoms with van der Waals surface area (Å²) in [7, 11) is 2.93. The van der Waals surface area contributed by atoms with Crippen LogP contribution in [0.2, 0.25) is 0 Å². The molecule has 0 spiro atoms. The number of allylic oxidation sites excluding steroid dienone is 3. The second kappa shape index (κ2) is 7.78. The van der Waals surface area contributed by atoms with Gasteiger partial charge in [-0.1, -0.05) is 18.2 Å². The zero-order chi connectivity index (χ0) is 15.0. The highest BCUT2D eigenvalue weighted by Gasteiger charge is 2.10. The molecule has 0 bridgehead atoms. The highest BCUT2D eigenvalue weighted by atomic mass is 16.5. The van der Waals surface area contributed by atoms with Crippen LogP contribution in [-0.2, 0) is 9.53 Å². The molecule has 5 heteroatoms. The predicted molar refractivity (Wildman–Crippen MR) is 79.8 cm³/mol. The van der Waals surface area contributed by atoms with E-state index >= 15 is 0 Å². The van der Waals surface area contributed by atoms with E-state index in [1.54, 1.807) is 43.5 Å². The van der Waals surface area contributed by atoms with Crippen LogP contribution in [0.1, 0.15) is 6.92 Å². The molecule has 0 aromatic heterocycles. The number of hydrogen-bond acceptors (Lipinski definition) is 3. The number of rotatable bonds is 4. The number of methoxy groups -OCH3 is 1. The van der Waals surface area contributed by atoms with E-state index in [-0.39, 0.29) is 5.91 Å². The molecule has 106 valence electrons. The number of nitrogens with one attached hydrogen (secondary N) is 1. The van der Waals surface area contributed by atoms with Gasteiger partial charge in [-0.15, -0.1) is 0 Å². The van der Waals surface area contributed by atoms with Crippen LogP contribution in [0.5, 0.6) is 0 Å². The fourth-order valence-corrected chi connectivity index (χ4v) is 1.45. The predicted octanol–water partition coefficient (Wildman–Crippen LogP) is 2.96. The number of carbonyl (C=O) groups is 2. The average molecular weight is 274 g/mol. The Bertz CT molecular complexity index is 518. The average Bonchev–Trinajstić information content (AvgIpc) is 2.46. The third-order valence-electron chi connectivity index (χ3n) is 2.52. The summed E-state index contributed by atoms with van der Waals surface area (Å²) in [6.07, 6.45) is 6.26. The van der Waals surface area contributed by atoms with E-state index in [0.29, 0.717) is 11.4 Å². The molecule has 0 unspecified atom stereocenters. The van der Waals surface area contributed by atoms with Gasteiger partial charge in [-0.25, -0.2) is 4.79 Å². The molecule has 5 nitrogen and oxygen atoms in total. The normalized spacial score (nSPS) is 10.8. The van der Waals surface area contributed by atoms with Crippen LogP contribution in [-0.4, -0.2) is 26.2 Å². The molecule has 2 amide bonds. The summed E-state index contributed by atoms with van der Waals surface area (Å²) >= 11 is 0. The number of carbonyl (C=O) groups excluding carboxylic acids is 2. The van der Waals surface area contributed by atoms with E-state index in [0.717, 1.165) is 0 Å². The second-order valence-corrected chi connectivity index (χ2v) is 3.95. The lowest BCUT2D eigenvalue weighted by Crippen LogP contribution is -2.25. The van der Waals surface area contributed by atoms with E-state index in [1.165, 1.54) is 18.1 Å². The molecular formula is C15H18N2O3. The van der Waals surface area contributed by atoms with Crippen molar-refractivity contribution in [3.8, 4) is 0 Å². The molecule has 0 aliphatic carbocycles. The monoisotopic (exact) mass is 274 g/mol. The maximum Gasteiger partial charge on any atom is 0.413 e. The van der Waals surface area contributed by atoms with Gasteiger partial charge in [0.2, 0.25) is 5.91 Å². The van der Waals surface area contributed by atoms with Gasteiger partial charge in [-0.2, -0.15) is 0 Å². The molecule has 1 rings (SSSR count). The van der Waals surface area contributed by atoms with Gasteiger partial charge in [0, 0.05) is 24.5 Å². The Morgan fingerprint density at radius 2 is 1.85 bits per heavy atom. The Kier molecular flexibility index (Phi) is 6.03. The zero-order valence-electron chi connectivity index (χ0n) is 11.8. The Labute approximate surface area is 118 Å². The van der Waals surface area contributed by atoms with Crippen molar-refractivity contribution in [3.63, 3.8) is 0 Å². The molecule has 0 atom stereocenters. The van der Waals surface area contributed by atoms with Gasteiger partial charge >= 0.3 is 6.09 Å². The summed E-state index contributed by atoms with van der Waals surface area (Å²) in [5, 5.41) is 2.72. The SMILES string of the molecule is C/C=C/C=C/C(=O)Nc1ccc(N(C)C(=O)OC)cc1. The van der Waals surface area contributed by atoms with Crippen molar-refractivity contribution in [1.82, 2.24) is 0 Å². The summed E-state index contributed by atoms with van der Waals surface area (Å²) in [6.45, 7) is 1.87. The van der Waals surface area contributed by atoms with Gasteiger partial charge in [-0.05, 0) is 31.2 Å². The van der Waals surface area contributed by atoms with Crippen molar-refractivity contribution < 1.29 is 14.3 Å². The topological polar surface area (TPSA) is 58.6 Å². The molecule has 1 aromatic rings. The molecule has 0 fully saturated rings. The smallest absolute Gasteiger partial charge is 0.413 e. The minimum absolute atomic E-state index is 0.211. The lowest BCUT2D eigenvalue weighted by Gasteiger charge is -2.15. The fourth-order valence-electron chi connectivity index (χ4n) is 1.45. The first kappa shape index (κ1) is 15.5. The van der Waals surface area contributed by atoms with Gasteiger partial charge in [0.05, 0.1) is 7.11 Å². The quantitative estimate of drug-likeness (QED) is 0.678. The van der Waals surface area contributed by atoms with Crippen LogP contribution < -0.4 is 10.2 Å². The standard InChI is InChI=1S/C15H18N2O3/c1-4-5-6-7-14(18)16-12-8-10-13(11-9-12)17(2)15(19)20-3/h4-11H,1-3H3,(H,16,18)/b5-4+,7-6+. The minimum Gasteiger partial charge on any atom is -0.452 e. The maximum absolute atomic E-state index is 11.5. The third kappa shape index (κ3) is 4.61. The van der Waals surface area contributed by atoms with E-state index in [1.807, 2.05) is 13.0 Å². The Balaban J connectivity index is 2.67. The summed E-state index contributed by atoms with van der Waals surface area (Å²) in [5.74, 6) is -0.211. The van der Waals surface area contributed by atoms with Crippen LogP contribution >= 0.6 is 0 Å². The molecule has 0 heterocycles. The Morgan fingerprint density at radius 3 is 2.40 bits per heavy atom. The summed E-state index contributed by atoms with van der Waals surface area (Å²) in [6, 6.07) is 6.89. The molecule has 1 N–H and O–H groups in total. The molecule has 20 heavy (non-hydrogen) atoms. The number of amides is 2. The van der Waals surface area contributed by atoms with Gasteiger partial charge < -0.3 is 10.1 Å². The maximum atomic E-state index is 11.5. The van der Waals surface area contributed by atoms with Gasteiger partial charge in [0.1, 0.15) is 0 Å². The first-order valence-corrected chi connectivity index (χ1v) is 6.10. The van der Waals surface area contributed by atoms with Crippen molar-refractivity contribution in [2.24, 2.45) is 0 Å². The number of ether oxygens (including phenoxy) is 1. The van der Waals surface area contributed by atoms with Crippen LogP contribution in [0.15, 0.2) is 48.6 Å². The molecule has 0 saturated carbocycles. The molecule has 0 aliphatic rings. The molecular weight excluding hydrogens is 256 g/mol. The summed E-state index contributed by atoms with van der Waals surface area (Å²) in [4.78, 5) is 24.3. The van der Waals surface area contributed by atoms with E-state index in [9.17, 15) is 9.59 Å². The second-order valence-electron chi connectivity index (χ2n) is 3.95. The molecule has 0 aliphatic heterocycles. The highest BCUT2D eigenvalue weighted by Crippen LogP contribution is 2.17. The highest BCUT2D eigenvalue weighted by molar-refractivity contribution is 5.99. The van der Waals surface area contributed by atoms with Gasteiger partial charge in [-0.3, -0.25) is 9.69 Å².